The minimum Gasteiger partial charge on any atom is -0.497 e. The minimum absolute atomic E-state index is 0.218. The van der Waals surface area contributed by atoms with Crippen LogP contribution in [0.4, 0.5) is 0 Å². The maximum absolute atomic E-state index is 11.8. The fourth-order valence-corrected chi connectivity index (χ4v) is 2.83. The molecule has 1 aliphatic rings. The van der Waals surface area contributed by atoms with E-state index in [-0.39, 0.29) is 5.91 Å². The summed E-state index contributed by atoms with van der Waals surface area (Å²) in [6, 6.07) is 7.55. The number of ether oxygens (including phenoxy) is 1. The van der Waals surface area contributed by atoms with E-state index >= 15 is 0 Å². The summed E-state index contributed by atoms with van der Waals surface area (Å²) in [5, 5.41) is 10.4. The Bertz CT molecular complexity index is 493. The molecule has 22 heavy (non-hydrogen) atoms. The van der Waals surface area contributed by atoms with Gasteiger partial charge in [0.2, 0.25) is 5.91 Å². The Kier molecular flexibility index (Phi) is 6.21. The third kappa shape index (κ3) is 4.45. The molecule has 1 unspecified atom stereocenters. The van der Waals surface area contributed by atoms with Crippen molar-refractivity contribution in [3.05, 3.63) is 29.8 Å². The minimum atomic E-state index is -0.538. The lowest BCUT2D eigenvalue weighted by Gasteiger charge is -2.24. The van der Waals surface area contributed by atoms with E-state index in [0.29, 0.717) is 13.0 Å². The van der Waals surface area contributed by atoms with Gasteiger partial charge in [0.05, 0.1) is 13.2 Å². The first kappa shape index (κ1) is 16.8. The van der Waals surface area contributed by atoms with Gasteiger partial charge in [-0.25, -0.2) is 0 Å². The highest BCUT2D eigenvalue weighted by molar-refractivity contribution is 5.75. The van der Waals surface area contributed by atoms with Crippen molar-refractivity contribution in [2.45, 2.75) is 25.9 Å². The number of carbonyl (C=O) groups is 1. The lowest BCUT2D eigenvalue weighted by Crippen LogP contribution is -2.36. The van der Waals surface area contributed by atoms with Crippen LogP contribution in [0.3, 0.4) is 0 Å². The van der Waals surface area contributed by atoms with Crippen molar-refractivity contribution in [3.63, 3.8) is 0 Å². The van der Waals surface area contributed by atoms with Crippen LogP contribution in [0.1, 0.15) is 31.4 Å². The molecule has 0 spiro atoms. The van der Waals surface area contributed by atoms with Crippen molar-refractivity contribution < 1.29 is 14.6 Å². The van der Waals surface area contributed by atoms with E-state index in [1.807, 2.05) is 36.1 Å². The summed E-state index contributed by atoms with van der Waals surface area (Å²) in [6.45, 7) is 5.77. The van der Waals surface area contributed by atoms with Crippen molar-refractivity contribution in [3.8, 4) is 5.75 Å². The molecule has 0 bridgehead atoms. The molecule has 0 aromatic heterocycles. The van der Waals surface area contributed by atoms with Crippen LogP contribution < -0.4 is 4.74 Å². The molecule has 1 atom stereocenters. The Morgan fingerprint density at radius 3 is 2.86 bits per heavy atom. The zero-order valence-corrected chi connectivity index (χ0v) is 13.5. The standard InChI is InChI=1S/C17H26N2O3/c1-3-17(21)19-9-5-8-18(10-11-19)13-16(20)14-6-4-7-15(12-14)22-2/h4,6-7,12,16,20H,3,5,8-11,13H2,1-2H3. The number of aliphatic hydroxyl groups excluding tert-OH is 1. The topological polar surface area (TPSA) is 53.0 Å². The predicted molar refractivity (Wildman–Crippen MR) is 85.9 cm³/mol. The average molecular weight is 306 g/mol. The SMILES string of the molecule is CCC(=O)N1CCCN(CC(O)c2cccc(OC)c2)CC1. The molecule has 0 aliphatic carbocycles. The van der Waals surface area contributed by atoms with Crippen LogP contribution in [0, 0.1) is 0 Å². The van der Waals surface area contributed by atoms with Gasteiger partial charge in [0.15, 0.2) is 0 Å². The van der Waals surface area contributed by atoms with Crippen molar-refractivity contribution >= 4 is 5.91 Å². The molecule has 1 aromatic carbocycles. The quantitative estimate of drug-likeness (QED) is 0.899. The van der Waals surface area contributed by atoms with Gasteiger partial charge >= 0.3 is 0 Å². The maximum Gasteiger partial charge on any atom is 0.222 e. The highest BCUT2D eigenvalue weighted by atomic mass is 16.5. The summed E-state index contributed by atoms with van der Waals surface area (Å²) in [4.78, 5) is 15.9. The number of amides is 1. The van der Waals surface area contributed by atoms with Gasteiger partial charge in [0.1, 0.15) is 5.75 Å². The summed E-state index contributed by atoms with van der Waals surface area (Å²) < 4.78 is 5.20. The third-order valence-corrected chi connectivity index (χ3v) is 4.15. The van der Waals surface area contributed by atoms with E-state index in [0.717, 1.165) is 43.9 Å². The number of carbonyl (C=O) groups excluding carboxylic acids is 1. The van der Waals surface area contributed by atoms with E-state index < -0.39 is 6.10 Å². The summed E-state index contributed by atoms with van der Waals surface area (Å²) in [5.74, 6) is 0.974. The number of β-amino-alcohol motifs (C(OH)–C–C–N with tert-alkyl or cyclic N) is 1. The molecule has 5 nitrogen and oxygen atoms in total. The number of methoxy groups -OCH3 is 1. The van der Waals surface area contributed by atoms with Gasteiger partial charge in [-0.15, -0.1) is 0 Å². The summed E-state index contributed by atoms with van der Waals surface area (Å²) >= 11 is 0. The fourth-order valence-electron chi connectivity index (χ4n) is 2.83. The molecule has 0 saturated carbocycles. The largest absolute Gasteiger partial charge is 0.497 e. The molecule has 1 saturated heterocycles. The molecule has 122 valence electrons. The molecule has 0 radical (unpaired) electrons. The Morgan fingerprint density at radius 1 is 1.32 bits per heavy atom. The highest BCUT2D eigenvalue weighted by Crippen LogP contribution is 2.20. The second kappa shape index (κ2) is 8.15. The van der Waals surface area contributed by atoms with Crippen LogP contribution in [-0.2, 0) is 4.79 Å². The van der Waals surface area contributed by atoms with Crippen molar-refractivity contribution in [1.82, 2.24) is 9.80 Å². The van der Waals surface area contributed by atoms with Gasteiger partial charge in [-0.1, -0.05) is 19.1 Å². The maximum atomic E-state index is 11.8. The van der Waals surface area contributed by atoms with Gasteiger partial charge < -0.3 is 14.7 Å². The van der Waals surface area contributed by atoms with Crippen LogP contribution >= 0.6 is 0 Å². The lowest BCUT2D eigenvalue weighted by atomic mass is 10.1. The molecular formula is C17H26N2O3. The van der Waals surface area contributed by atoms with Crippen LogP contribution in [0.25, 0.3) is 0 Å². The molecule has 1 aliphatic heterocycles. The first-order valence-electron chi connectivity index (χ1n) is 7.96. The van der Waals surface area contributed by atoms with E-state index in [4.69, 9.17) is 4.74 Å². The summed E-state index contributed by atoms with van der Waals surface area (Å²) in [5.41, 5.74) is 0.866. The summed E-state index contributed by atoms with van der Waals surface area (Å²) in [6.07, 6.45) is 0.978. The zero-order chi connectivity index (χ0) is 15.9. The van der Waals surface area contributed by atoms with Crippen molar-refractivity contribution in [2.24, 2.45) is 0 Å². The van der Waals surface area contributed by atoms with E-state index in [2.05, 4.69) is 4.90 Å². The highest BCUT2D eigenvalue weighted by Gasteiger charge is 2.20. The smallest absolute Gasteiger partial charge is 0.222 e. The molecular weight excluding hydrogens is 280 g/mol. The first-order valence-corrected chi connectivity index (χ1v) is 7.96. The second-order valence-corrected chi connectivity index (χ2v) is 5.68. The van der Waals surface area contributed by atoms with Crippen LogP contribution in [0.15, 0.2) is 24.3 Å². The van der Waals surface area contributed by atoms with Crippen molar-refractivity contribution in [2.75, 3.05) is 39.8 Å². The van der Waals surface area contributed by atoms with Gasteiger partial charge in [-0.3, -0.25) is 9.69 Å². The molecule has 5 heteroatoms. The molecule has 1 heterocycles. The Balaban J connectivity index is 1.91. The van der Waals surface area contributed by atoms with Gasteiger partial charge in [-0.2, -0.15) is 0 Å². The number of hydrogen-bond acceptors (Lipinski definition) is 4. The first-order chi connectivity index (χ1) is 10.6. The predicted octanol–water partition coefficient (Wildman–Crippen LogP) is 1.67. The fraction of sp³-hybridized carbons (Fsp3) is 0.588. The van der Waals surface area contributed by atoms with Crippen LogP contribution in [0.5, 0.6) is 5.75 Å². The normalized spacial score (nSPS) is 17.9. The number of nitrogens with zero attached hydrogens (tertiary/aromatic N) is 2. The van der Waals surface area contributed by atoms with Gasteiger partial charge in [0.25, 0.3) is 0 Å². The molecule has 1 aromatic rings. The van der Waals surface area contributed by atoms with Crippen LogP contribution in [0.2, 0.25) is 0 Å². The molecule has 2 rings (SSSR count). The summed E-state index contributed by atoms with van der Waals surface area (Å²) in [7, 11) is 1.62. The van der Waals surface area contributed by atoms with E-state index in [9.17, 15) is 9.90 Å². The van der Waals surface area contributed by atoms with Crippen LogP contribution in [-0.4, -0.2) is 60.6 Å². The molecule has 1 amide bonds. The number of rotatable bonds is 5. The Labute approximate surface area is 132 Å². The zero-order valence-electron chi connectivity index (χ0n) is 13.5. The number of benzene rings is 1. The second-order valence-electron chi connectivity index (χ2n) is 5.68. The monoisotopic (exact) mass is 306 g/mol. The number of aliphatic hydroxyl groups is 1. The van der Waals surface area contributed by atoms with Crippen molar-refractivity contribution in [1.29, 1.82) is 0 Å². The number of hydrogen-bond donors (Lipinski definition) is 1. The molecule has 1 fully saturated rings. The Morgan fingerprint density at radius 2 is 2.14 bits per heavy atom. The van der Waals surface area contributed by atoms with Gasteiger partial charge in [-0.05, 0) is 24.1 Å². The Hall–Kier alpha value is -1.59. The van der Waals surface area contributed by atoms with Gasteiger partial charge in [0, 0.05) is 39.1 Å². The lowest BCUT2D eigenvalue weighted by molar-refractivity contribution is -0.130. The van der Waals surface area contributed by atoms with E-state index in [1.54, 1.807) is 7.11 Å². The van der Waals surface area contributed by atoms with E-state index in [1.165, 1.54) is 0 Å². The molecule has 1 N–H and O–H groups in total. The average Bonchev–Trinajstić information content (AvgIpc) is 2.79. The third-order valence-electron chi connectivity index (χ3n) is 4.15.